The summed E-state index contributed by atoms with van der Waals surface area (Å²) in [5, 5.41) is 11.2. The standard InChI is InChI=1S/C12H7Cl3O/c13-7-4-5-9(14)8(6-7)12-10(15)2-1-3-11(12)16/h1-6,16H. The predicted molar refractivity (Wildman–Crippen MR) is 68.6 cm³/mol. The molecular weight excluding hydrogens is 266 g/mol. The molecule has 82 valence electrons. The van der Waals surface area contributed by atoms with Gasteiger partial charge in [0, 0.05) is 21.2 Å². The van der Waals surface area contributed by atoms with Gasteiger partial charge in [0.25, 0.3) is 0 Å². The Labute approximate surface area is 108 Å². The minimum Gasteiger partial charge on any atom is -0.507 e. The summed E-state index contributed by atoms with van der Waals surface area (Å²) < 4.78 is 0. The maximum atomic E-state index is 9.77. The fourth-order valence-corrected chi connectivity index (χ4v) is 2.12. The number of phenols is 1. The van der Waals surface area contributed by atoms with Gasteiger partial charge in [0.15, 0.2) is 0 Å². The van der Waals surface area contributed by atoms with Crippen LogP contribution in [-0.2, 0) is 0 Å². The molecule has 0 aliphatic heterocycles. The van der Waals surface area contributed by atoms with Gasteiger partial charge in [-0.1, -0.05) is 40.9 Å². The summed E-state index contributed by atoms with van der Waals surface area (Å²) in [5.41, 5.74) is 1.12. The van der Waals surface area contributed by atoms with Crippen molar-refractivity contribution in [3.05, 3.63) is 51.5 Å². The van der Waals surface area contributed by atoms with E-state index in [4.69, 9.17) is 34.8 Å². The summed E-state index contributed by atoms with van der Waals surface area (Å²) >= 11 is 18.0. The van der Waals surface area contributed by atoms with E-state index in [2.05, 4.69) is 0 Å². The molecule has 0 aliphatic carbocycles. The molecule has 0 unspecified atom stereocenters. The van der Waals surface area contributed by atoms with Gasteiger partial charge in [0.05, 0.1) is 5.02 Å². The molecule has 1 nitrogen and oxygen atoms in total. The van der Waals surface area contributed by atoms with Crippen molar-refractivity contribution in [2.45, 2.75) is 0 Å². The van der Waals surface area contributed by atoms with Crippen molar-refractivity contribution in [3.8, 4) is 16.9 Å². The first-order valence-electron chi connectivity index (χ1n) is 4.52. The summed E-state index contributed by atoms with van der Waals surface area (Å²) in [5.74, 6) is 0.0802. The molecule has 1 N–H and O–H groups in total. The number of benzene rings is 2. The molecule has 0 amide bonds. The molecule has 2 aromatic rings. The van der Waals surface area contributed by atoms with Gasteiger partial charge in [-0.05, 0) is 30.3 Å². The van der Waals surface area contributed by atoms with Gasteiger partial charge < -0.3 is 5.11 Å². The molecule has 0 aromatic heterocycles. The second-order valence-corrected chi connectivity index (χ2v) is 4.51. The summed E-state index contributed by atoms with van der Waals surface area (Å²) in [6, 6.07) is 9.93. The van der Waals surface area contributed by atoms with E-state index in [-0.39, 0.29) is 5.75 Å². The fourth-order valence-electron chi connectivity index (χ4n) is 1.47. The smallest absolute Gasteiger partial charge is 0.124 e. The molecule has 0 bridgehead atoms. The number of hydrogen-bond acceptors (Lipinski definition) is 1. The highest BCUT2D eigenvalue weighted by Crippen LogP contribution is 2.40. The highest BCUT2D eigenvalue weighted by molar-refractivity contribution is 6.38. The first-order chi connectivity index (χ1) is 7.59. The third-order valence-electron chi connectivity index (χ3n) is 2.19. The zero-order chi connectivity index (χ0) is 11.7. The van der Waals surface area contributed by atoms with Gasteiger partial charge in [0.1, 0.15) is 5.75 Å². The van der Waals surface area contributed by atoms with E-state index in [1.165, 1.54) is 0 Å². The number of halogens is 3. The number of rotatable bonds is 1. The zero-order valence-corrected chi connectivity index (χ0v) is 10.3. The lowest BCUT2D eigenvalue weighted by atomic mass is 10.0. The van der Waals surface area contributed by atoms with Crippen molar-refractivity contribution in [1.82, 2.24) is 0 Å². The fraction of sp³-hybridized carbons (Fsp3) is 0. The van der Waals surface area contributed by atoms with Crippen LogP contribution in [-0.4, -0.2) is 5.11 Å². The highest BCUT2D eigenvalue weighted by atomic mass is 35.5. The topological polar surface area (TPSA) is 20.2 Å². The third kappa shape index (κ3) is 2.12. The van der Waals surface area contributed by atoms with Crippen molar-refractivity contribution in [2.24, 2.45) is 0 Å². The maximum absolute atomic E-state index is 9.77. The Kier molecular flexibility index (Phi) is 3.29. The van der Waals surface area contributed by atoms with Crippen molar-refractivity contribution in [2.75, 3.05) is 0 Å². The molecule has 0 atom stereocenters. The van der Waals surface area contributed by atoms with E-state index >= 15 is 0 Å². The quantitative estimate of drug-likeness (QED) is 0.773. The first-order valence-corrected chi connectivity index (χ1v) is 5.66. The molecule has 0 spiro atoms. The van der Waals surface area contributed by atoms with E-state index < -0.39 is 0 Å². The Balaban J connectivity index is 2.72. The van der Waals surface area contributed by atoms with E-state index in [9.17, 15) is 5.11 Å². The lowest BCUT2D eigenvalue weighted by Crippen LogP contribution is -1.83. The number of hydrogen-bond donors (Lipinski definition) is 1. The van der Waals surface area contributed by atoms with Gasteiger partial charge in [-0.15, -0.1) is 0 Å². The SMILES string of the molecule is Oc1cccc(Cl)c1-c1cc(Cl)ccc1Cl. The first kappa shape index (κ1) is 11.6. The Bertz CT molecular complexity index is 518. The van der Waals surface area contributed by atoms with Crippen molar-refractivity contribution < 1.29 is 5.11 Å². The van der Waals surface area contributed by atoms with Crippen LogP contribution in [0.5, 0.6) is 5.75 Å². The van der Waals surface area contributed by atoms with Gasteiger partial charge in [-0.25, -0.2) is 0 Å². The Morgan fingerprint density at radius 2 is 1.62 bits per heavy atom. The number of phenolic OH excluding ortho intramolecular Hbond substituents is 1. The van der Waals surface area contributed by atoms with Crippen LogP contribution in [0.2, 0.25) is 15.1 Å². The lowest BCUT2D eigenvalue weighted by molar-refractivity contribution is 0.477. The minimum atomic E-state index is 0.0802. The van der Waals surface area contributed by atoms with E-state index in [1.807, 2.05) is 0 Å². The summed E-state index contributed by atoms with van der Waals surface area (Å²) in [6.45, 7) is 0. The van der Waals surface area contributed by atoms with Crippen LogP contribution in [0.4, 0.5) is 0 Å². The summed E-state index contributed by atoms with van der Waals surface area (Å²) in [4.78, 5) is 0. The van der Waals surface area contributed by atoms with Crippen LogP contribution in [0.25, 0.3) is 11.1 Å². The third-order valence-corrected chi connectivity index (χ3v) is 3.07. The summed E-state index contributed by atoms with van der Waals surface area (Å²) in [6.07, 6.45) is 0. The lowest BCUT2D eigenvalue weighted by Gasteiger charge is -2.09. The molecule has 0 saturated heterocycles. The van der Waals surface area contributed by atoms with Crippen LogP contribution in [0.1, 0.15) is 0 Å². The normalized spacial score (nSPS) is 10.4. The average Bonchev–Trinajstić information content (AvgIpc) is 2.23. The molecule has 0 heterocycles. The molecule has 0 fully saturated rings. The number of aromatic hydroxyl groups is 1. The van der Waals surface area contributed by atoms with Crippen molar-refractivity contribution >= 4 is 34.8 Å². The largest absolute Gasteiger partial charge is 0.507 e. The van der Waals surface area contributed by atoms with Gasteiger partial charge in [0.2, 0.25) is 0 Å². The zero-order valence-electron chi connectivity index (χ0n) is 8.05. The van der Waals surface area contributed by atoms with Gasteiger partial charge >= 0.3 is 0 Å². The minimum absolute atomic E-state index is 0.0802. The highest BCUT2D eigenvalue weighted by Gasteiger charge is 2.12. The molecule has 2 rings (SSSR count). The van der Waals surface area contributed by atoms with E-state index in [0.29, 0.717) is 26.2 Å². The van der Waals surface area contributed by atoms with Crippen molar-refractivity contribution in [1.29, 1.82) is 0 Å². The predicted octanol–water partition coefficient (Wildman–Crippen LogP) is 5.02. The molecule has 4 heteroatoms. The second kappa shape index (κ2) is 4.54. The van der Waals surface area contributed by atoms with Crippen LogP contribution < -0.4 is 0 Å². The van der Waals surface area contributed by atoms with Gasteiger partial charge in [-0.3, -0.25) is 0 Å². The Morgan fingerprint density at radius 3 is 2.31 bits per heavy atom. The van der Waals surface area contributed by atoms with Crippen molar-refractivity contribution in [3.63, 3.8) is 0 Å². The van der Waals surface area contributed by atoms with Crippen LogP contribution >= 0.6 is 34.8 Å². The Hall–Kier alpha value is -0.890. The molecule has 16 heavy (non-hydrogen) atoms. The maximum Gasteiger partial charge on any atom is 0.124 e. The van der Waals surface area contributed by atoms with Gasteiger partial charge in [-0.2, -0.15) is 0 Å². The second-order valence-electron chi connectivity index (χ2n) is 3.26. The van der Waals surface area contributed by atoms with E-state index in [1.54, 1.807) is 36.4 Å². The molecule has 2 aromatic carbocycles. The molecule has 0 aliphatic rings. The monoisotopic (exact) mass is 272 g/mol. The molecule has 0 radical (unpaired) electrons. The average molecular weight is 274 g/mol. The Morgan fingerprint density at radius 1 is 0.875 bits per heavy atom. The van der Waals surface area contributed by atoms with E-state index in [0.717, 1.165) is 0 Å². The van der Waals surface area contributed by atoms with Crippen LogP contribution in [0.15, 0.2) is 36.4 Å². The molecular formula is C12H7Cl3O. The van der Waals surface area contributed by atoms with Crippen LogP contribution in [0, 0.1) is 0 Å². The molecule has 0 saturated carbocycles. The van der Waals surface area contributed by atoms with Crippen LogP contribution in [0.3, 0.4) is 0 Å². The summed E-state index contributed by atoms with van der Waals surface area (Å²) in [7, 11) is 0.